The highest BCUT2D eigenvalue weighted by Gasteiger charge is 2.26. The zero-order valence-electron chi connectivity index (χ0n) is 76.4. The van der Waals surface area contributed by atoms with Crippen LogP contribution in [0.25, 0.3) is 134 Å². The molecule has 0 bridgehead atoms. The molecule has 0 radical (unpaired) electrons. The maximum absolute atomic E-state index is 2.38. The molecule has 4 heteroatoms. The summed E-state index contributed by atoms with van der Waals surface area (Å²) < 4.78 is 9.02. The molecule has 0 saturated heterocycles. The first-order valence-corrected chi connectivity index (χ1v) is 42.8. The Bertz CT molecular complexity index is 6480. The van der Waals surface area contributed by atoms with E-state index in [9.17, 15) is 0 Å². The van der Waals surface area contributed by atoms with Crippen LogP contribution >= 0.6 is 0 Å². The van der Waals surface area contributed by atoms with Gasteiger partial charge in [0.25, 0.3) is 0 Å². The van der Waals surface area contributed by atoms with Crippen LogP contribution in [0.1, 0.15) is 117 Å². The first-order chi connectivity index (χ1) is 57.8. The smallest absolute Gasteiger partial charge is 0.201 e. The molecule has 4 aromatic heterocycles. The summed E-state index contributed by atoms with van der Waals surface area (Å²) in [5, 5.41) is 0. The second-order valence-electron chi connectivity index (χ2n) is 34.4. The molecule has 16 rings (SSSR count). The molecule has 0 saturated carbocycles. The Hall–Kier alpha value is -12.8. The van der Waals surface area contributed by atoms with Crippen molar-refractivity contribution in [3.63, 3.8) is 0 Å². The first kappa shape index (κ1) is 86.1. The van der Waals surface area contributed by atoms with Gasteiger partial charge in [-0.25, -0.2) is 18.3 Å². The maximum atomic E-state index is 2.38. The lowest BCUT2D eigenvalue weighted by Gasteiger charge is -2.16. The van der Waals surface area contributed by atoms with Crippen LogP contribution in [0.3, 0.4) is 0 Å². The van der Waals surface area contributed by atoms with Crippen molar-refractivity contribution < 1.29 is 18.3 Å². The van der Waals surface area contributed by atoms with Crippen LogP contribution in [0.15, 0.2) is 286 Å². The number of aryl methyl sites for hydroxylation is 25. The molecule has 0 fully saturated rings. The lowest BCUT2D eigenvalue weighted by atomic mass is 9.89. The van der Waals surface area contributed by atoms with Crippen molar-refractivity contribution in [2.24, 2.45) is 28.2 Å². The van der Waals surface area contributed by atoms with Crippen molar-refractivity contribution in [1.29, 1.82) is 0 Å². The Balaban J connectivity index is 0.000000139. The summed E-state index contributed by atoms with van der Waals surface area (Å²) in [6, 6.07) is 95.5. The second kappa shape index (κ2) is 36.8. The fourth-order valence-corrected chi connectivity index (χ4v) is 18.6. The Morgan fingerprint density at radius 1 is 0.149 bits per heavy atom. The van der Waals surface area contributed by atoms with Gasteiger partial charge >= 0.3 is 0 Å². The standard InChI is InChI=1S/2C30H32N.C29H30N.C28H28N/c1-19-11-8-9-14-25(19)26-16-27(23(5)15-22(26)4)29-17-28(24(6)18-31(29)7)30-20(2)12-10-13-21(30)3;1-19-14-23(5)30(24(6)15-19)25-12-13-31(7)29(17-25)28-18-27(21(3)16-22(28)4)26-11-9-8-10-20(26)2;1-19-11-7-9-13-24(19)26-16-28(22(4)15-21(26)3)29-17-27(23(5)18-30(29)6)25-14-10-8-12-20(25)2;1-19-11-9-10-14-24(19)26-16-27(21(3)15-20(26)2)28-17-25(22(4)18-29(28)5)23-12-7-6-8-13-23/h2*8-18H,1-7H3;7-18H,1-6H3;6-18H,1-5H3/q4*+1. The van der Waals surface area contributed by atoms with E-state index < -0.39 is 0 Å². The average Bonchev–Trinajstić information content (AvgIpc) is 0.779. The molecule has 606 valence electrons. The largest absolute Gasteiger partial charge is 0.213 e. The van der Waals surface area contributed by atoms with Crippen LogP contribution in [0.4, 0.5) is 0 Å². The molecule has 0 N–H and O–H groups in total. The molecular weight excluding hydrogens is 1460 g/mol. The zero-order chi connectivity index (χ0) is 86.5. The molecule has 0 aliphatic rings. The summed E-state index contributed by atoms with van der Waals surface area (Å²) >= 11 is 0. The summed E-state index contributed by atoms with van der Waals surface area (Å²) in [5.41, 5.74) is 58.6. The van der Waals surface area contributed by atoms with Crippen LogP contribution in [0.5, 0.6) is 0 Å². The van der Waals surface area contributed by atoms with Gasteiger partial charge in [-0.2, -0.15) is 0 Å². The summed E-state index contributed by atoms with van der Waals surface area (Å²) in [6.45, 7) is 46.3. The molecule has 0 atom stereocenters. The fourth-order valence-electron chi connectivity index (χ4n) is 18.6. The van der Waals surface area contributed by atoms with E-state index in [0.29, 0.717) is 0 Å². The van der Waals surface area contributed by atoms with Crippen molar-refractivity contribution in [3.8, 4) is 134 Å². The summed E-state index contributed by atoms with van der Waals surface area (Å²) in [4.78, 5) is 0. The van der Waals surface area contributed by atoms with E-state index >= 15 is 0 Å². The molecule has 0 aliphatic carbocycles. The molecule has 0 amide bonds. The minimum atomic E-state index is 1.24. The van der Waals surface area contributed by atoms with Crippen LogP contribution in [-0.4, -0.2) is 0 Å². The van der Waals surface area contributed by atoms with Gasteiger partial charge in [0.05, 0.1) is 0 Å². The van der Waals surface area contributed by atoms with Crippen LogP contribution in [0, 0.1) is 145 Å². The van der Waals surface area contributed by atoms with Crippen LogP contribution in [-0.2, 0) is 28.2 Å². The highest BCUT2D eigenvalue weighted by molar-refractivity contribution is 5.86. The van der Waals surface area contributed by atoms with Gasteiger partial charge in [0.1, 0.15) is 28.2 Å². The first-order valence-electron chi connectivity index (χ1n) is 42.8. The molecule has 121 heavy (non-hydrogen) atoms. The predicted octanol–water partition coefficient (Wildman–Crippen LogP) is 28.5. The maximum Gasteiger partial charge on any atom is 0.213 e. The molecular formula is C117H122N4+4. The van der Waals surface area contributed by atoms with E-state index in [4.69, 9.17) is 0 Å². The Morgan fingerprint density at radius 2 is 0.413 bits per heavy atom. The molecule has 0 unspecified atom stereocenters. The summed E-state index contributed by atoms with van der Waals surface area (Å²) in [7, 11) is 8.59. The van der Waals surface area contributed by atoms with Crippen molar-refractivity contribution >= 4 is 0 Å². The number of rotatable bonds is 12. The van der Waals surface area contributed by atoms with Crippen molar-refractivity contribution in [2.45, 2.75) is 145 Å². The van der Waals surface area contributed by atoms with Crippen molar-refractivity contribution in [3.05, 3.63) is 402 Å². The van der Waals surface area contributed by atoms with Gasteiger partial charge in [-0.15, -0.1) is 0 Å². The third-order valence-electron chi connectivity index (χ3n) is 24.9. The average molecular weight is 1580 g/mol. The van der Waals surface area contributed by atoms with Crippen molar-refractivity contribution in [2.75, 3.05) is 0 Å². The Kier molecular flexibility index (Phi) is 26.2. The topological polar surface area (TPSA) is 15.5 Å². The number of hydrogen-bond acceptors (Lipinski definition) is 0. The fraction of sp³-hybridized carbons (Fsp3) is 0.214. The highest BCUT2D eigenvalue weighted by atomic mass is 14.9. The normalized spacial score (nSPS) is 11.0. The summed E-state index contributed by atoms with van der Waals surface area (Å²) in [5.74, 6) is 0. The van der Waals surface area contributed by atoms with Gasteiger partial charge in [0.15, 0.2) is 24.8 Å². The quantitative estimate of drug-likeness (QED) is 0.108. The van der Waals surface area contributed by atoms with E-state index in [-0.39, 0.29) is 0 Å². The van der Waals surface area contributed by atoms with Gasteiger partial charge in [0, 0.05) is 69.3 Å². The number of nitrogens with zero attached hydrogens (tertiary/aromatic N) is 4. The Labute approximate surface area is 723 Å². The van der Waals surface area contributed by atoms with Gasteiger partial charge in [-0.1, -0.05) is 212 Å². The van der Waals surface area contributed by atoms with Gasteiger partial charge < -0.3 is 0 Å². The van der Waals surface area contributed by atoms with E-state index in [1.54, 1.807) is 0 Å². The van der Waals surface area contributed by atoms with Crippen LogP contribution < -0.4 is 18.3 Å². The molecule has 0 aliphatic heterocycles. The third kappa shape index (κ3) is 18.5. The van der Waals surface area contributed by atoms with E-state index in [2.05, 4.69) is 477 Å². The molecule has 4 heterocycles. The summed E-state index contributed by atoms with van der Waals surface area (Å²) in [6.07, 6.45) is 8.95. The predicted molar refractivity (Wildman–Crippen MR) is 515 cm³/mol. The number of pyridine rings is 4. The zero-order valence-corrected chi connectivity index (χ0v) is 76.4. The second-order valence-corrected chi connectivity index (χ2v) is 34.4. The van der Waals surface area contributed by atoms with Gasteiger partial charge in [-0.05, 0) is 353 Å². The van der Waals surface area contributed by atoms with Gasteiger partial charge in [-0.3, -0.25) is 0 Å². The number of aromatic nitrogens is 4. The molecule has 4 nitrogen and oxygen atoms in total. The highest BCUT2D eigenvalue weighted by Crippen LogP contribution is 2.42. The van der Waals surface area contributed by atoms with E-state index in [0.717, 1.165) is 0 Å². The van der Waals surface area contributed by atoms with E-state index in [1.807, 2.05) is 0 Å². The number of hydrogen-bond donors (Lipinski definition) is 0. The molecule has 12 aromatic carbocycles. The lowest BCUT2D eigenvalue weighted by Crippen LogP contribution is -2.31. The minimum Gasteiger partial charge on any atom is -0.201 e. The number of benzene rings is 12. The lowest BCUT2D eigenvalue weighted by molar-refractivity contribution is -0.660. The monoisotopic (exact) mass is 1580 g/mol. The van der Waals surface area contributed by atoms with E-state index in [1.165, 1.54) is 251 Å². The minimum absolute atomic E-state index is 1.24. The Morgan fingerprint density at radius 3 is 0.752 bits per heavy atom. The van der Waals surface area contributed by atoms with Gasteiger partial charge in [0.2, 0.25) is 22.8 Å². The third-order valence-corrected chi connectivity index (χ3v) is 24.9. The molecule has 0 spiro atoms. The molecule has 16 aromatic rings. The van der Waals surface area contributed by atoms with Crippen LogP contribution in [0.2, 0.25) is 0 Å². The SMILES string of the molecule is Cc1c[n+](C)c(-c2cc(-c3ccccc3C)c(C)cc2C)cc1-c1ccccc1.Cc1cc(C)c(-c2cc[n+](C)c(-c3cc(-c4ccccc4C)c(C)cc3C)c2)c(C)c1.Cc1ccccc1-c1cc(-c2cc(-c3c(C)cccc3C)c(C)c[n+]2C)c(C)cc1C.Cc1ccccc1-c1cc(-c2cc(-c3ccccc3C)c(C)c[n+]2C)c(C)cc1C. The van der Waals surface area contributed by atoms with Crippen molar-refractivity contribution in [1.82, 2.24) is 0 Å².